The maximum atomic E-state index is 8.18. The molecule has 92 valence electrons. The highest BCUT2D eigenvalue weighted by atomic mass is 16.3. The molecule has 0 fully saturated rings. The Bertz CT molecular complexity index is 594. The maximum absolute atomic E-state index is 8.18. The van der Waals surface area contributed by atoms with Crippen molar-refractivity contribution in [1.82, 2.24) is 14.5 Å². The summed E-state index contributed by atoms with van der Waals surface area (Å²) >= 11 is 0. The molecule has 0 atom stereocenters. The lowest BCUT2D eigenvalue weighted by molar-refractivity contribution is 0.378. The minimum Gasteiger partial charge on any atom is -0.443 e. The number of hydrogen-bond donors (Lipinski definition) is 1. The van der Waals surface area contributed by atoms with Crippen LogP contribution in [0.5, 0.6) is 0 Å². The Kier molecular flexibility index (Phi) is 3.02. The Hall–Kier alpha value is -1.62. The summed E-state index contributed by atoms with van der Waals surface area (Å²) in [4.78, 5) is 6.35. The average Bonchev–Trinajstić information content (AvgIpc) is 2.54. The van der Waals surface area contributed by atoms with Gasteiger partial charge in [-0.2, -0.15) is 0 Å². The number of nitrogens with zero attached hydrogens (tertiary/aromatic N) is 3. The molecular formula is C12H18N4O. The van der Waals surface area contributed by atoms with E-state index in [0.29, 0.717) is 11.2 Å². The Morgan fingerprint density at radius 2 is 2.12 bits per heavy atom. The molecule has 17 heavy (non-hydrogen) atoms. The molecule has 0 aromatic carbocycles. The van der Waals surface area contributed by atoms with Gasteiger partial charge in [0.1, 0.15) is 17.6 Å². The van der Waals surface area contributed by atoms with Crippen molar-refractivity contribution < 1.29 is 4.42 Å². The molecular weight excluding hydrogens is 216 g/mol. The molecule has 0 unspecified atom stereocenters. The maximum Gasteiger partial charge on any atom is 0.231 e. The lowest BCUT2D eigenvalue weighted by Gasteiger charge is -2.11. The molecule has 2 aromatic rings. The highest BCUT2D eigenvalue weighted by Crippen LogP contribution is 2.18. The highest BCUT2D eigenvalue weighted by molar-refractivity contribution is 5.76. The summed E-state index contributed by atoms with van der Waals surface area (Å²) in [6.45, 7) is 5.52. The summed E-state index contributed by atoms with van der Waals surface area (Å²) in [5.41, 5.74) is 2.05. The fourth-order valence-corrected chi connectivity index (χ4v) is 1.78. The normalized spacial score (nSPS) is 11.6. The van der Waals surface area contributed by atoms with Crippen LogP contribution in [0.2, 0.25) is 0 Å². The van der Waals surface area contributed by atoms with Gasteiger partial charge >= 0.3 is 0 Å². The van der Waals surface area contributed by atoms with Crippen molar-refractivity contribution in [1.29, 1.82) is 5.41 Å². The molecule has 0 saturated heterocycles. The topological polar surface area (TPSA) is 58.1 Å². The molecule has 0 aliphatic heterocycles. The second kappa shape index (κ2) is 4.33. The summed E-state index contributed by atoms with van der Waals surface area (Å²) in [7, 11) is 4.03. The van der Waals surface area contributed by atoms with Crippen molar-refractivity contribution >= 4 is 11.1 Å². The Balaban J connectivity index is 2.50. The molecule has 2 rings (SSSR count). The molecule has 5 heteroatoms. The molecule has 2 heterocycles. The smallest absolute Gasteiger partial charge is 0.231 e. The Morgan fingerprint density at radius 1 is 1.41 bits per heavy atom. The fraction of sp³-hybridized carbons (Fsp3) is 0.500. The van der Waals surface area contributed by atoms with Crippen molar-refractivity contribution in [3.63, 3.8) is 0 Å². The molecule has 0 aliphatic carbocycles. The first-order valence-corrected chi connectivity index (χ1v) is 5.65. The monoisotopic (exact) mass is 234 g/mol. The van der Waals surface area contributed by atoms with Gasteiger partial charge in [-0.25, -0.2) is 4.98 Å². The summed E-state index contributed by atoms with van der Waals surface area (Å²) in [6, 6.07) is 0. The van der Waals surface area contributed by atoms with Gasteiger partial charge in [0, 0.05) is 18.7 Å². The average molecular weight is 234 g/mol. The van der Waals surface area contributed by atoms with Crippen LogP contribution in [0, 0.1) is 19.3 Å². The first kappa shape index (κ1) is 11.9. The van der Waals surface area contributed by atoms with Gasteiger partial charge in [0.2, 0.25) is 5.71 Å². The van der Waals surface area contributed by atoms with Gasteiger partial charge in [0.05, 0.1) is 5.39 Å². The number of rotatable bonds is 3. The number of fused-ring (bicyclic) bond motifs is 1. The summed E-state index contributed by atoms with van der Waals surface area (Å²) in [6.07, 6.45) is 1.68. The molecule has 0 amide bonds. The third-order valence-electron chi connectivity index (χ3n) is 2.99. The van der Waals surface area contributed by atoms with E-state index in [4.69, 9.17) is 9.83 Å². The first-order chi connectivity index (χ1) is 8.00. The minimum absolute atomic E-state index is 0.478. The zero-order valence-electron chi connectivity index (χ0n) is 10.7. The molecule has 0 radical (unpaired) electrons. The summed E-state index contributed by atoms with van der Waals surface area (Å²) in [5, 5.41) is 9.01. The lowest BCUT2D eigenvalue weighted by atomic mass is 10.2. The fourth-order valence-electron chi connectivity index (χ4n) is 1.78. The standard InChI is InChI=1S/C12H18N4O/c1-8-9(2)17-12-10(8)11(13)16(7-14-12)6-5-15(3)4/h7,13H,5-6H2,1-4H3. The number of aromatic nitrogens is 2. The van der Waals surface area contributed by atoms with Crippen LogP contribution in [0.1, 0.15) is 11.3 Å². The summed E-state index contributed by atoms with van der Waals surface area (Å²) in [5.74, 6) is 0.839. The van der Waals surface area contributed by atoms with Crippen LogP contribution in [0.25, 0.3) is 11.1 Å². The summed E-state index contributed by atoms with van der Waals surface area (Å²) < 4.78 is 7.36. The van der Waals surface area contributed by atoms with E-state index in [1.54, 1.807) is 6.33 Å². The number of furan rings is 1. The number of likely N-dealkylation sites (N-methyl/N-ethyl adjacent to an activating group) is 1. The van der Waals surface area contributed by atoms with E-state index in [2.05, 4.69) is 9.88 Å². The molecule has 1 N–H and O–H groups in total. The predicted octanol–water partition coefficient (Wildman–Crippen LogP) is 1.29. The Labute approximate surface area is 100 Å². The van der Waals surface area contributed by atoms with E-state index in [1.807, 2.05) is 32.5 Å². The van der Waals surface area contributed by atoms with Gasteiger partial charge in [-0.05, 0) is 27.9 Å². The quantitative estimate of drug-likeness (QED) is 0.870. The number of hydrogen-bond acceptors (Lipinski definition) is 4. The van der Waals surface area contributed by atoms with Gasteiger partial charge in [-0.3, -0.25) is 5.41 Å². The molecule has 2 aromatic heterocycles. The van der Waals surface area contributed by atoms with Crippen molar-refractivity contribution in [3.8, 4) is 0 Å². The second-order valence-electron chi connectivity index (χ2n) is 4.55. The van der Waals surface area contributed by atoms with Crippen molar-refractivity contribution in [3.05, 3.63) is 23.1 Å². The van der Waals surface area contributed by atoms with E-state index in [0.717, 1.165) is 29.8 Å². The zero-order chi connectivity index (χ0) is 12.6. The molecule has 0 aliphatic rings. The lowest BCUT2D eigenvalue weighted by Crippen LogP contribution is -2.26. The van der Waals surface area contributed by atoms with Crippen LogP contribution >= 0.6 is 0 Å². The van der Waals surface area contributed by atoms with Gasteiger partial charge in [-0.1, -0.05) is 0 Å². The Morgan fingerprint density at radius 3 is 2.76 bits per heavy atom. The van der Waals surface area contributed by atoms with Crippen LogP contribution < -0.4 is 5.49 Å². The largest absolute Gasteiger partial charge is 0.443 e. The van der Waals surface area contributed by atoms with Crippen LogP contribution in [-0.4, -0.2) is 35.1 Å². The van der Waals surface area contributed by atoms with Crippen molar-refractivity contribution in [2.75, 3.05) is 20.6 Å². The first-order valence-electron chi connectivity index (χ1n) is 5.65. The number of aryl methyl sites for hydroxylation is 2. The van der Waals surface area contributed by atoms with Gasteiger partial charge in [-0.15, -0.1) is 0 Å². The van der Waals surface area contributed by atoms with E-state index < -0.39 is 0 Å². The van der Waals surface area contributed by atoms with E-state index >= 15 is 0 Å². The molecule has 0 saturated carbocycles. The predicted molar refractivity (Wildman–Crippen MR) is 65.9 cm³/mol. The van der Waals surface area contributed by atoms with Crippen LogP contribution in [0.4, 0.5) is 0 Å². The molecule has 5 nitrogen and oxygen atoms in total. The van der Waals surface area contributed by atoms with Crippen LogP contribution in [0.3, 0.4) is 0 Å². The zero-order valence-corrected chi connectivity index (χ0v) is 10.7. The third-order valence-corrected chi connectivity index (χ3v) is 2.99. The molecule has 0 spiro atoms. The van der Waals surface area contributed by atoms with E-state index in [1.165, 1.54) is 0 Å². The van der Waals surface area contributed by atoms with Crippen molar-refractivity contribution in [2.24, 2.45) is 0 Å². The highest BCUT2D eigenvalue weighted by Gasteiger charge is 2.11. The SMILES string of the molecule is Cc1oc2ncn(CCN(C)C)c(=N)c2c1C. The van der Waals surface area contributed by atoms with Crippen LogP contribution in [0.15, 0.2) is 10.7 Å². The van der Waals surface area contributed by atoms with E-state index in [9.17, 15) is 0 Å². The second-order valence-corrected chi connectivity index (χ2v) is 4.55. The van der Waals surface area contributed by atoms with Crippen LogP contribution in [-0.2, 0) is 6.54 Å². The van der Waals surface area contributed by atoms with Gasteiger partial charge in [0.15, 0.2) is 0 Å². The third kappa shape index (κ3) is 2.10. The number of nitrogens with one attached hydrogen (secondary N) is 1. The molecule has 0 bridgehead atoms. The van der Waals surface area contributed by atoms with Crippen molar-refractivity contribution in [2.45, 2.75) is 20.4 Å². The van der Waals surface area contributed by atoms with Gasteiger partial charge in [0.25, 0.3) is 0 Å². The van der Waals surface area contributed by atoms with E-state index in [-0.39, 0.29) is 0 Å². The van der Waals surface area contributed by atoms with Gasteiger partial charge < -0.3 is 13.9 Å². The minimum atomic E-state index is 0.478.